The molecule has 4 heteroatoms. The summed E-state index contributed by atoms with van der Waals surface area (Å²) in [5.74, 6) is 0.00316. The largest absolute Gasteiger partial charge is 0.351 e. The molecule has 4 nitrogen and oxygen atoms in total. The quantitative estimate of drug-likeness (QED) is 0.841. The maximum absolute atomic E-state index is 12.0. The highest BCUT2D eigenvalue weighted by Gasteiger charge is 2.23. The van der Waals surface area contributed by atoms with Crippen LogP contribution in [-0.4, -0.2) is 36.0 Å². The summed E-state index contributed by atoms with van der Waals surface area (Å²) in [7, 11) is 0. The van der Waals surface area contributed by atoms with E-state index in [9.17, 15) is 4.79 Å². The molecule has 1 amide bonds. The van der Waals surface area contributed by atoms with Crippen molar-refractivity contribution < 1.29 is 4.79 Å². The van der Waals surface area contributed by atoms with Gasteiger partial charge in [0, 0.05) is 19.1 Å². The van der Waals surface area contributed by atoms with Gasteiger partial charge >= 0.3 is 0 Å². The summed E-state index contributed by atoms with van der Waals surface area (Å²) >= 11 is 0. The maximum Gasteiger partial charge on any atom is 0.237 e. The van der Waals surface area contributed by atoms with Crippen molar-refractivity contribution in [2.75, 3.05) is 13.1 Å². The number of piperidine rings is 1. The van der Waals surface area contributed by atoms with Crippen LogP contribution in [0, 0.1) is 0 Å². The lowest BCUT2D eigenvalue weighted by atomic mass is 10.0. The minimum Gasteiger partial charge on any atom is -0.351 e. The van der Waals surface area contributed by atoms with E-state index >= 15 is 0 Å². The van der Waals surface area contributed by atoms with Crippen LogP contribution in [0.1, 0.15) is 38.2 Å². The number of amides is 1. The fraction of sp³-hybridized carbons (Fsp3) is 0.588. The van der Waals surface area contributed by atoms with Crippen LogP contribution < -0.4 is 11.1 Å². The van der Waals surface area contributed by atoms with Gasteiger partial charge in [-0.25, -0.2) is 0 Å². The molecule has 1 saturated heterocycles. The topological polar surface area (TPSA) is 58.4 Å². The van der Waals surface area contributed by atoms with Crippen LogP contribution in [0.5, 0.6) is 0 Å². The first-order valence-corrected chi connectivity index (χ1v) is 8.01. The lowest BCUT2D eigenvalue weighted by Gasteiger charge is -2.33. The Labute approximate surface area is 127 Å². The number of carbonyl (C=O) groups excluding carboxylic acids is 1. The Kier molecular flexibility index (Phi) is 6.21. The molecule has 116 valence electrons. The van der Waals surface area contributed by atoms with Crippen LogP contribution in [0.3, 0.4) is 0 Å². The van der Waals surface area contributed by atoms with Crippen LogP contribution in [0.2, 0.25) is 0 Å². The Balaban J connectivity index is 1.82. The molecule has 1 heterocycles. The van der Waals surface area contributed by atoms with Crippen LogP contribution in [0.15, 0.2) is 30.3 Å². The number of hydrogen-bond acceptors (Lipinski definition) is 3. The average molecular weight is 289 g/mol. The molecule has 3 N–H and O–H groups in total. The number of hydrogen-bond donors (Lipinski definition) is 2. The van der Waals surface area contributed by atoms with Gasteiger partial charge in [0.15, 0.2) is 0 Å². The molecule has 0 bridgehead atoms. The highest BCUT2D eigenvalue weighted by molar-refractivity contribution is 5.81. The van der Waals surface area contributed by atoms with Crippen molar-refractivity contribution in [2.45, 2.75) is 51.2 Å². The van der Waals surface area contributed by atoms with Gasteiger partial charge in [-0.05, 0) is 31.4 Å². The molecule has 1 aromatic rings. The van der Waals surface area contributed by atoms with Gasteiger partial charge in [0.25, 0.3) is 0 Å². The van der Waals surface area contributed by atoms with Gasteiger partial charge in [0.05, 0.1) is 6.04 Å². The number of likely N-dealkylation sites (tertiary alicyclic amines) is 1. The minimum absolute atomic E-state index is 0.00316. The molecule has 0 aliphatic carbocycles. The molecule has 2 rings (SSSR count). The molecule has 1 aliphatic rings. The van der Waals surface area contributed by atoms with E-state index in [2.05, 4.69) is 41.4 Å². The molecule has 0 saturated carbocycles. The van der Waals surface area contributed by atoms with Gasteiger partial charge in [-0.3, -0.25) is 9.69 Å². The van der Waals surface area contributed by atoms with Gasteiger partial charge in [-0.15, -0.1) is 0 Å². The molecule has 21 heavy (non-hydrogen) atoms. The highest BCUT2D eigenvalue weighted by Crippen LogP contribution is 2.14. The minimum atomic E-state index is -0.362. The van der Waals surface area contributed by atoms with Crippen molar-refractivity contribution in [1.82, 2.24) is 10.2 Å². The van der Waals surface area contributed by atoms with E-state index < -0.39 is 0 Å². The van der Waals surface area contributed by atoms with E-state index in [0.29, 0.717) is 0 Å². The number of nitrogens with two attached hydrogens (primary N) is 1. The number of nitrogens with zero attached hydrogens (tertiary/aromatic N) is 1. The zero-order valence-electron chi connectivity index (χ0n) is 12.9. The van der Waals surface area contributed by atoms with Crippen molar-refractivity contribution in [3.63, 3.8) is 0 Å². The fourth-order valence-electron chi connectivity index (χ4n) is 2.91. The van der Waals surface area contributed by atoms with Gasteiger partial charge in [-0.1, -0.05) is 43.7 Å². The highest BCUT2D eigenvalue weighted by atomic mass is 16.2. The van der Waals surface area contributed by atoms with E-state index in [-0.39, 0.29) is 18.0 Å². The SMILES string of the molecule is CCC[C@H](N)C(=O)NC1CCCN(Cc2ccccc2)C1. The summed E-state index contributed by atoms with van der Waals surface area (Å²) in [5.41, 5.74) is 7.20. The standard InChI is InChI=1S/C17H27N3O/c1-2-7-16(18)17(21)19-15-10-6-11-20(13-15)12-14-8-4-3-5-9-14/h3-5,8-9,15-16H,2,6-7,10-13,18H2,1H3,(H,19,21)/t15?,16-/m0/s1. The van der Waals surface area contributed by atoms with Crippen molar-refractivity contribution in [3.8, 4) is 0 Å². The second kappa shape index (κ2) is 8.15. The molecule has 1 aromatic carbocycles. The molecular formula is C17H27N3O. The van der Waals surface area contributed by atoms with Gasteiger partial charge in [0.1, 0.15) is 0 Å². The third-order valence-electron chi connectivity index (χ3n) is 4.04. The zero-order valence-corrected chi connectivity index (χ0v) is 12.9. The molecule has 0 radical (unpaired) electrons. The van der Waals surface area contributed by atoms with Crippen molar-refractivity contribution in [1.29, 1.82) is 0 Å². The summed E-state index contributed by atoms with van der Waals surface area (Å²) < 4.78 is 0. The molecule has 1 fully saturated rings. The summed E-state index contributed by atoms with van der Waals surface area (Å²) in [6, 6.07) is 10.4. The van der Waals surface area contributed by atoms with Crippen molar-refractivity contribution in [2.24, 2.45) is 5.73 Å². The Bertz CT molecular complexity index is 435. The Hall–Kier alpha value is -1.39. The van der Waals surface area contributed by atoms with E-state index in [4.69, 9.17) is 5.73 Å². The van der Waals surface area contributed by atoms with Gasteiger partial charge in [-0.2, -0.15) is 0 Å². The Morgan fingerprint density at radius 2 is 2.19 bits per heavy atom. The third kappa shape index (κ3) is 5.14. The van der Waals surface area contributed by atoms with Crippen molar-refractivity contribution >= 4 is 5.91 Å². The lowest BCUT2D eigenvalue weighted by Crippen LogP contribution is -2.51. The molecule has 1 aliphatic heterocycles. The third-order valence-corrected chi connectivity index (χ3v) is 4.04. The predicted octanol–water partition coefficient (Wildman–Crippen LogP) is 1.89. The van der Waals surface area contributed by atoms with E-state index in [1.807, 2.05) is 6.07 Å². The van der Waals surface area contributed by atoms with E-state index in [1.54, 1.807) is 0 Å². The summed E-state index contributed by atoms with van der Waals surface area (Å²) in [4.78, 5) is 14.4. The van der Waals surface area contributed by atoms with Crippen LogP contribution in [0.4, 0.5) is 0 Å². The molecular weight excluding hydrogens is 262 g/mol. The molecule has 2 atom stereocenters. The maximum atomic E-state index is 12.0. The smallest absolute Gasteiger partial charge is 0.237 e. The van der Waals surface area contributed by atoms with Gasteiger partial charge in [0.2, 0.25) is 5.91 Å². The predicted molar refractivity (Wildman–Crippen MR) is 85.8 cm³/mol. The van der Waals surface area contributed by atoms with E-state index in [1.165, 1.54) is 5.56 Å². The summed E-state index contributed by atoms with van der Waals surface area (Å²) in [6.07, 6.45) is 3.88. The molecule has 0 aromatic heterocycles. The number of nitrogens with one attached hydrogen (secondary N) is 1. The summed E-state index contributed by atoms with van der Waals surface area (Å²) in [6.45, 7) is 5.02. The zero-order chi connectivity index (χ0) is 15.1. The number of benzene rings is 1. The molecule has 0 spiro atoms. The van der Waals surface area contributed by atoms with E-state index in [0.717, 1.165) is 45.3 Å². The average Bonchev–Trinajstić information content (AvgIpc) is 2.49. The second-order valence-electron chi connectivity index (χ2n) is 5.96. The van der Waals surface area contributed by atoms with Gasteiger partial charge < -0.3 is 11.1 Å². The lowest BCUT2D eigenvalue weighted by molar-refractivity contribution is -0.123. The Morgan fingerprint density at radius 1 is 1.43 bits per heavy atom. The first-order valence-electron chi connectivity index (χ1n) is 8.01. The fourth-order valence-corrected chi connectivity index (χ4v) is 2.91. The first-order chi connectivity index (χ1) is 10.2. The number of rotatable bonds is 6. The Morgan fingerprint density at radius 3 is 2.90 bits per heavy atom. The first kappa shape index (κ1) is 16.0. The molecule has 1 unspecified atom stereocenters. The van der Waals surface area contributed by atoms with Crippen LogP contribution in [-0.2, 0) is 11.3 Å². The monoisotopic (exact) mass is 289 g/mol. The number of carbonyl (C=O) groups is 1. The van der Waals surface area contributed by atoms with Crippen LogP contribution >= 0.6 is 0 Å². The summed E-state index contributed by atoms with van der Waals surface area (Å²) in [5, 5.41) is 3.11. The van der Waals surface area contributed by atoms with Crippen molar-refractivity contribution in [3.05, 3.63) is 35.9 Å². The second-order valence-corrected chi connectivity index (χ2v) is 5.96. The normalized spacial score (nSPS) is 21.0. The van der Waals surface area contributed by atoms with Crippen LogP contribution in [0.25, 0.3) is 0 Å².